The molecule has 1 aromatic carbocycles. The number of ketones is 1. The van der Waals surface area contributed by atoms with Gasteiger partial charge in [0.1, 0.15) is 11.6 Å². The first-order chi connectivity index (χ1) is 7.40. The summed E-state index contributed by atoms with van der Waals surface area (Å²) < 4.78 is 25.6. The molecule has 5 heteroatoms. The van der Waals surface area contributed by atoms with Crippen LogP contribution in [0.3, 0.4) is 0 Å². The Kier molecular flexibility index (Phi) is 3.71. The predicted octanol–water partition coefficient (Wildman–Crippen LogP) is 2.26. The van der Waals surface area contributed by atoms with Crippen LogP contribution in [0.15, 0.2) is 18.2 Å². The first-order valence-corrected chi connectivity index (χ1v) is 4.62. The highest BCUT2D eigenvalue weighted by Gasteiger charge is 2.17. The molecule has 0 saturated carbocycles. The fourth-order valence-electron chi connectivity index (χ4n) is 1.20. The lowest BCUT2D eigenvalue weighted by molar-refractivity contribution is -0.141. The summed E-state index contributed by atoms with van der Waals surface area (Å²) in [6.45, 7) is 1.36. The summed E-state index contributed by atoms with van der Waals surface area (Å²) in [4.78, 5) is 22.0. The fourth-order valence-corrected chi connectivity index (χ4v) is 1.20. The molecule has 0 aliphatic carbocycles. The number of hydrogen-bond donors (Lipinski definition) is 1. The molecule has 1 rings (SSSR count). The SMILES string of the molecule is CC(CC(=O)c1cc(F)cc(F)c1)C(=O)O. The third-order valence-corrected chi connectivity index (χ3v) is 2.10. The van der Waals surface area contributed by atoms with Crippen LogP contribution in [0.25, 0.3) is 0 Å². The molecular weight excluding hydrogens is 218 g/mol. The second-order valence-corrected chi connectivity index (χ2v) is 3.52. The van der Waals surface area contributed by atoms with Gasteiger partial charge in [-0.15, -0.1) is 0 Å². The van der Waals surface area contributed by atoms with Crippen molar-refractivity contribution >= 4 is 11.8 Å². The van der Waals surface area contributed by atoms with Gasteiger partial charge in [0.05, 0.1) is 5.92 Å². The van der Waals surface area contributed by atoms with Gasteiger partial charge in [0.2, 0.25) is 0 Å². The van der Waals surface area contributed by atoms with Gasteiger partial charge in [-0.3, -0.25) is 9.59 Å². The van der Waals surface area contributed by atoms with Gasteiger partial charge in [-0.1, -0.05) is 6.92 Å². The minimum absolute atomic E-state index is 0.148. The summed E-state index contributed by atoms with van der Waals surface area (Å²) in [7, 11) is 0. The van der Waals surface area contributed by atoms with E-state index in [9.17, 15) is 18.4 Å². The van der Waals surface area contributed by atoms with Gasteiger partial charge < -0.3 is 5.11 Å². The molecule has 0 fully saturated rings. The Labute approximate surface area is 90.7 Å². The van der Waals surface area contributed by atoms with E-state index in [-0.39, 0.29) is 12.0 Å². The summed E-state index contributed by atoms with van der Waals surface area (Å²) in [6, 6.07) is 2.43. The van der Waals surface area contributed by atoms with E-state index in [1.54, 1.807) is 0 Å². The smallest absolute Gasteiger partial charge is 0.306 e. The highest BCUT2D eigenvalue weighted by Crippen LogP contribution is 2.13. The number of carbonyl (C=O) groups is 2. The lowest BCUT2D eigenvalue weighted by Gasteiger charge is -2.05. The van der Waals surface area contributed by atoms with E-state index < -0.39 is 29.3 Å². The van der Waals surface area contributed by atoms with Crippen molar-refractivity contribution in [3.63, 3.8) is 0 Å². The molecule has 0 aliphatic rings. The van der Waals surface area contributed by atoms with E-state index in [1.807, 2.05) is 0 Å². The van der Waals surface area contributed by atoms with Crippen molar-refractivity contribution in [2.24, 2.45) is 5.92 Å². The average Bonchev–Trinajstić information content (AvgIpc) is 2.15. The first kappa shape index (κ1) is 12.3. The Morgan fingerprint density at radius 2 is 1.75 bits per heavy atom. The van der Waals surface area contributed by atoms with Gasteiger partial charge in [-0.2, -0.15) is 0 Å². The minimum atomic E-state index is -1.12. The van der Waals surface area contributed by atoms with E-state index in [0.717, 1.165) is 12.1 Å². The molecule has 0 heterocycles. The third-order valence-electron chi connectivity index (χ3n) is 2.10. The molecule has 86 valence electrons. The van der Waals surface area contributed by atoms with Crippen molar-refractivity contribution in [2.45, 2.75) is 13.3 Å². The molecule has 0 saturated heterocycles. The van der Waals surface area contributed by atoms with E-state index in [2.05, 4.69) is 0 Å². The van der Waals surface area contributed by atoms with Gasteiger partial charge >= 0.3 is 5.97 Å². The number of Topliss-reactive ketones (excluding diaryl/α,β-unsaturated/α-hetero) is 1. The first-order valence-electron chi connectivity index (χ1n) is 4.62. The summed E-state index contributed by atoms with van der Waals surface area (Å²) >= 11 is 0. The topological polar surface area (TPSA) is 54.4 Å². The van der Waals surface area contributed by atoms with Gasteiger partial charge in [0.25, 0.3) is 0 Å². The van der Waals surface area contributed by atoms with Crippen molar-refractivity contribution in [1.82, 2.24) is 0 Å². The minimum Gasteiger partial charge on any atom is -0.481 e. The number of carbonyl (C=O) groups excluding carboxylic acids is 1. The van der Waals surface area contributed by atoms with Crippen molar-refractivity contribution in [1.29, 1.82) is 0 Å². The zero-order valence-corrected chi connectivity index (χ0v) is 8.54. The number of benzene rings is 1. The normalized spacial score (nSPS) is 12.2. The van der Waals surface area contributed by atoms with E-state index in [1.165, 1.54) is 6.92 Å². The summed E-state index contributed by atoms with van der Waals surface area (Å²) in [6.07, 6.45) is -0.280. The van der Waals surface area contributed by atoms with Crippen LogP contribution in [0.2, 0.25) is 0 Å². The second-order valence-electron chi connectivity index (χ2n) is 3.52. The molecular formula is C11H10F2O3. The second kappa shape index (κ2) is 4.83. The number of halogens is 2. The molecule has 0 radical (unpaired) electrons. The van der Waals surface area contributed by atoms with Gasteiger partial charge in [-0.05, 0) is 12.1 Å². The summed E-state index contributed by atoms with van der Waals surface area (Å²) in [5.74, 6) is -4.30. The standard InChI is InChI=1S/C11H10F2O3/c1-6(11(15)16)2-10(14)7-3-8(12)5-9(13)4-7/h3-6H,2H2,1H3,(H,15,16). The van der Waals surface area contributed by atoms with Crippen molar-refractivity contribution in [2.75, 3.05) is 0 Å². The van der Waals surface area contributed by atoms with Crippen LogP contribution in [0.4, 0.5) is 8.78 Å². The molecule has 1 aromatic rings. The predicted molar refractivity (Wildman–Crippen MR) is 52.1 cm³/mol. The van der Waals surface area contributed by atoms with Gasteiger partial charge in [-0.25, -0.2) is 8.78 Å². The lowest BCUT2D eigenvalue weighted by atomic mass is 10.00. The molecule has 16 heavy (non-hydrogen) atoms. The molecule has 3 nitrogen and oxygen atoms in total. The van der Waals surface area contributed by atoms with Crippen LogP contribution < -0.4 is 0 Å². The Bertz CT molecular complexity index is 409. The number of rotatable bonds is 4. The number of carboxylic acids is 1. The third kappa shape index (κ3) is 3.12. The largest absolute Gasteiger partial charge is 0.481 e. The van der Waals surface area contributed by atoms with Crippen LogP contribution >= 0.6 is 0 Å². The highest BCUT2D eigenvalue weighted by atomic mass is 19.1. The van der Waals surface area contributed by atoms with Crippen molar-refractivity contribution in [3.05, 3.63) is 35.4 Å². The Hall–Kier alpha value is -1.78. The number of aliphatic carboxylic acids is 1. The maximum absolute atomic E-state index is 12.8. The van der Waals surface area contributed by atoms with Crippen molar-refractivity contribution in [3.8, 4) is 0 Å². The van der Waals surface area contributed by atoms with Crippen LogP contribution in [-0.2, 0) is 4.79 Å². The molecule has 0 amide bonds. The van der Waals surface area contributed by atoms with Crippen LogP contribution in [0, 0.1) is 17.6 Å². The van der Waals surface area contributed by atoms with E-state index >= 15 is 0 Å². The maximum Gasteiger partial charge on any atom is 0.306 e. The Balaban J connectivity index is 2.84. The number of carboxylic acid groups (broad SMARTS) is 1. The molecule has 0 bridgehead atoms. The zero-order chi connectivity index (χ0) is 12.3. The van der Waals surface area contributed by atoms with Crippen molar-refractivity contribution < 1.29 is 23.5 Å². The lowest BCUT2D eigenvalue weighted by Crippen LogP contribution is -2.15. The Morgan fingerprint density at radius 1 is 1.25 bits per heavy atom. The van der Waals surface area contributed by atoms with Crippen LogP contribution in [0.1, 0.15) is 23.7 Å². The Morgan fingerprint density at radius 3 is 2.19 bits per heavy atom. The molecule has 0 spiro atoms. The zero-order valence-electron chi connectivity index (χ0n) is 8.54. The average molecular weight is 228 g/mol. The van der Waals surface area contributed by atoms with Crippen LogP contribution in [0.5, 0.6) is 0 Å². The van der Waals surface area contributed by atoms with Gasteiger partial charge in [0.15, 0.2) is 5.78 Å². The van der Waals surface area contributed by atoms with Gasteiger partial charge in [0, 0.05) is 18.1 Å². The highest BCUT2D eigenvalue weighted by molar-refractivity contribution is 5.97. The van der Waals surface area contributed by atoms with E-state index in [4.69, 9.17) is 5.11 Å². The molecule has 0 aromatic heterocycles. The molecule has 1 unspecified atom stereocenters. The molecule has 0 aliphatic heterocycles. The monoisotopic (exact) mass is 228 g/mol. The maximum atomic E-state index is 12.8. The van der Waals surface area contributed by atoms with E-state index in [0.29, 0.717) is 6.07 Å². The fraction of sp³-hybridized carbons (Fsp3) is 0.273. The number of hydrogen-bond acceptors (Lipinski definition) is 2. The summed E-state index contributed by atoms with van der Waals surface area (Å²) in [5, 5.41) is 8.59. The quantitative estimate of drug-likeness (QED) is 0.804. The van der Waals surface area contributed by atoms with Crippen LogP contribution in [-0.4, -0.2) is 16.9 Å². The molecule has 1 atom stereocenters. The molecule has 1 N–H and O–H groups in total. The summed E-state index contributed by atoms with van der Waals surface area (Å²) in [5.41, 5.74) is -0.148.